The fraction of sp³-hybridized carbons (Fsp3) is 0.250. The number of azide groups is 2. The van der Waals surface area contributed by atoms with Gasteiger partial charge in [-0.05, 0) is 23.2 Å². The topological polar surface area (TPSA) is 208 Å². The summed E-state index contributed by atoms with van der Waals surface area (Å²) in [6, 6.07) is 8.36. The second-order valence-electron chi connectivity index (χ2n) is 5.79. The van der Waals surface area contributed by atoms with E-state index in [1.807, 2.05) is 0 Å². The van der Waals surface area contributed by atoms with E-state index in [1.54, 1.807) is 21.6 Å². The van der Waals surface area contributed by atoms with Gasteiger partial charge in [-0.1, -0.05) is 43.9 Å². The molecule has 0 radical (unpaired) electrons. The van der Waals surface area contributed by atoms with Crippen LogP contribution in [0.25, 0.3) is 20.9 Å². The minimum atomic E-state index is -0.551. The maximum atomic E-state index is 11.2. The number of nitrogens with one attached hydrogen (secondary N) is 2. The Morgan fingerprint density at radius 2 is 1.22 bits per heavy atom. The normalized spacial score (nSPS) is 9.88. The van der Waals surface area contributed by atoms with Crippen LogP contribution < -0.4 is 10.6 Å². The van der Waals surface area contributed by atoms with Gasteiger partial charge in [-0.2, -0.15) is 0 Å². The third kappa shape index (κ3) is 7.45. The van der Waals surface area contributed by atoms with Crippen LogP contribution in [0, 0.1) is 20.2 Å². The van der Waals surface area contributed by atoms with E-state index in [0.717, 1.165) is 0 Å². The van der Waals surface area contributed by atoms with Gasteiger partial charge in [0.1, 0.15) is 11.4 Å². The van der Waals surface area contributed by atoms with Crippen molar-refractivity contribution in [3.8, 4) is 0 Å². The zero-order valence-corrected chi connectivity index (χ0v) is 18.0. The van der Waals surface area contributed by atoms with Crippen molar-refractivity contribution in [3.05, 3.63) is 77.5 Å². The Morgan fingerprint density at radius 3 is 1.56 bits per heavy atom. The van der Waals surface area contributed by atoms with Crippen molar-refractivity contribution in [2.75, 3.05) is 35.2 Å². The van der Waals surface area contributed by atoms with Gasteiger partial charge in [0.05, 0.1) is 9.85 Å². The molecule has 0 fully saturated rings. The Labute approximate surface area is 188 Å². The molecule has 0 aliphatic carbocycles. The zero-order valence-electron chi connectivity index (χ0n) is 16.3. The fourth-order valence-corrected chi connectivity index (χ4v) is 4.26. The van der Waals surface area contributed by atoms with E-state index in [0.29, 0.717) is 36.0 Å². The smallest absolute Gasteiger partial charge is 0.292 e. The number of anilines is 2. The minimum Gasteiger partial charge on any atom is -0.379 e. The van der Waals surface area contributed by atoms with Crippen molar-refractivity contribution in [3.63, 3.8) is 0 Å². The summed E-state index contributed by atoms with van der Waals surface area (Å²) in [5.74, 6) is 1.31. The molecule has 32 heavy (non-hydrogen) atoms. The highest BCUT2D eigenvalue weighted by Gasteiger charge is 2.15. The molecule has 2 N–H and O–H groups in total. The fourth-order valence-electron chi connectivity index (χ4n) is 2.44. The molecule has 14 nitrogen and oxygen atoms in total. The van der Waals surface area contributed by atoms with Gasteiger partial charge in [0.15, 0.2) is 0 Å². The van der Waals surface area contributed by atoms with Crippen molar-refractivity contribution >= 4 is 55.7 Å². The van der Waals surface area contributed by atoms with Crippen molar-refractivity contribution < 1.29 is 9.85 Å². The Morgan fingerprint density at radius 1 is 0.812 bits per heavy atom. The van der Waals surface area contributed by atoms with Crippen LogP contribution in [0.2, 0.25) is 0 Å². The van der Waals surface area contributed by atoms with Gasteiger partial charge < -0.3 is 10.6 Å². The molecule has 0 amide bonds. The average Bonchev–Trinajstić information content (AvgIpc) is 2.77. The Balaban J connectivity index is 1.75. The lowest BCUT2D eigenvalue weighted by Crippen LogP contribution is -2.07. The number of hydrogen-bond acceptors (Lipinski definition) is 10. The predicted octanol–water partition coefficient (Wildman–Crippen LogP) is 6.29. The molecule has 2 aromatic carbocycles. The summed E-state index contributed by atoms with van der Waals surface area (Å²) in [4.78, 5) is 26.5. The molecule has 0 saturated carbocycles. The first-order valence-corrected chi connectivity index (χ1v) is 11.3. The number of nitro benzene ring substituents is 2. The van der Waals surface area contributed by atoms with Crippen molar-refractivity contribution in [2.45, 2.75) is 0 Å². The molecule has 0 spiro atoms. The monoisotopic (exact) mass is 476 g/mol. The van der Waals surface area contributed by atoms with Crippen molar-refractivity contribution in [1.82, 2.24) is 0 Å². The molecule has 166 valence electrons. The lowest BCUT2D eigenvalue weighted by molar-refractivity contribution is -0.384. The molecular weight excluding hydrogens is 460 g/mol. The molecule has 0 aromatic heterocycles. The maximum Gasteiger partial charge on any atom is 0.292 e. The Bertz CT molecular complexity index is 1000. The number of nitrogens with zero attached hydrogens (tertiary/aromatic N) is 8. The maximum absolute atomic E-state index is 11.2. The molecule has 0 saturated heterocycles. The summed E-state index contributed by atoms with van der Waals surface area (Å²) in [6.45, 7) is 0.943. The SMILES string of the molecule is [N-]=[N+]=Nc1ccc(NCCSSCCNc2ccc(N=[N+]=[N-])cc2[N+](=O)[O-])c([N+](=O)[O-])c1. The molecule has 0 heterocycles. The standard InChI is InChI=1S/C16H16N10O4S2/c17-23-21-11-1-3-13(15(9-11)25(27)28)19-5-7-31-32-8-6-20-14-4-2-12(22-24-18)10-16(14)26(29)30/h1-4,9-10,19-20H,5-8H2. The zero-order chi connectivity index (χ0) is 23.3. The van der Waals surface area contributed by atoms with Crippen molar-refractivity contribution in [2.24, 2.45) is 10.2 Å². The number of hydrogen-bond donors (Lipinski definition) is 2. The first-order valence-electron chi connectivity index (χ1n) is 8.85. The highest BCUT2D eigenvalue weighted by Crippen LogP contribution is 2.31. The minimum absolute atomic E-state index is 0.162. The van der Waals surface area contributed by atoms with Crippen LogP contribution in [0.15, 0.2) is 46.6 Å². The Kier molecular flexibility index (Phi) is 9.74. The van der Waals surface area contributed by atoms with Gasteiger partial charge in [0.2, 0.25) is 0 Å². The highest BCUT2D eigenvalue weighted by atomic mass is 33.1. The summed E-state index contributed by atoms with van der Waals surface area (Å²) in [5, 5.41) is 35.0. The van der Waals surface area contributed by atoms with Crippen LogP contribution >= 0.6 is 21.6 Å². The summed E-state index contributed by atoms with van der Waals surface area (Å²) in [7, 11) is 3.08. The van der Waals surface area contributed by atoms with Gasteiger partial charge in [-0.15, -0.1) is 0 Å². The molecule has 2 rings (SSSR count). The summed E-state index contributed by atoms with van der Waals surface area (Å²) in [6.07, 6.45) is 0. The van der Waals surface area contributed by atoms with Crippen LogP contribution in [0.1, 0.15) is 0 Å². The van der Waals surface area contributed by atoms with Crippen LogP contribution in [0.4, 0.5) is 34.1 Å². The van der Waals surface area contributed by atoms with Crippen LogP contribution in [-0.4, -0.2) is 34.4 Å². The number of benzene rings is 2. The summed E-state index contributed by atoms with van der Waals surface area (Å²) < 4.78 is 0. The lowest BCUT2D eigenvalue weighted by atomic mass is 10.2. The highest BCUT2D eigenvalue weighted by molar-refractivity contribution is 8.76. The van der Waals surface area contributed by atoms with E-state index < -0.39 is 9.85 Å². The van der Waals surface area contributed by atoms with Gasteiger partial charge in [0, 0.05) is 57.9 Å². The first-order chi connectivity index (χ1) is 15.5. The third-order valence-electron chi connectivity index (χ3n) is 3.76. The largest absolute Gasteiger partial charge is 0.379 e. The molecule has 2 aromatic rings. The van der Waals surface area contributed by atoms with E-state index >= 15 is 0 Å². The first kappa shape index (κ1) is 24.4. The van der Waals surface area contributed by atoms with Crippen LogP contribution in [0.5, 0.6) is 0 Å². The Hall–Kier alpha value is -3.84. The van der Waals surface area contributed by atoms with Gasteiger partial charge in [-0.3, -0.25) is 20.2 Å². The van der Waals surface area contributed by atoms with E-state index in [2.05, 4.69) is 30.7 Å². The van der Waals surface area contributed by atoms with Gasteiger partial charge >= 0.3 is 0 Å². The molecule has 0 bridgehead atoms. The third-order valence-corrected chi connectivity index (χ3v) is 6.17. The molecule has 0 aliphatic heterocycles. The summed E-state index contributed by atoms with van der Waals surface area (Å²) in [5.41, 5.74) is 17.5. The second-order valence-corrected chi connectivity index (χ2v) is 8.50. The van der Waals surface area contributed by atoms with E-state index in [1.165, 1.54) is 36.4 Å². The second kappa shape index (κ2) is 12.8. The lowest BCUT2D eigenvalue weighted by Gasteiger charge is -2.08. The molecule has 0 aliphatic rings. The average molecular weight is 477 g/mol. The molecule has 0 atom stereocenters. The van der Waals surface area contributed by atoms with Gasteiger partial charge in [-0.25, -0.2) is 0 Å². The summed E-state index contributed by atoms with van der Waals surface area (Å²) >= 11 is 0. The van der Waals surface area contributed by atoms with E-state index in [-0.39, 0.29) is 22.7 Å². The molecular formula is C16H16N10O4S2. The van der Waals surface area contributed by atoms with Crippen LogP contribution in [0.3, 0.4) is 0 Å². The number of rotatable bonds is 13. The van der Waals surface area contributed by atoms with E-state index in [9.17, 15) is 20.2 Å². The quantitative estimate of drug-likeness (QED) is 0.0636. The van der Waals surface area contributed by atoms with E-state index in [4.69, 9.17) is 11.1 Å². The van der Waals surface area contributed by atoms with Gasteiger partial charge in [0.25, 0.3) is 11.4 Å². The molecule has 0 unspecified atom stereocenters. The predicted molar refractivity (Wildman–Crippen MR) is 126 cm³/mol. The number of nitro groups is 2. The molecule has 16 heteroatoms. The van der Waals surface area contributed by atoms with Crippen molar-refractivity contribution in [1.29, 1.82) is 0 Å². The van der Waals surface area contributed by atoms with Crippen LogP contribution in [-0.2, 0) is 0 Å².